The molecule has 0 unspecified atom stereocenters. The van der Waals surface area contributed by atoms with Crippen LogP contribution in [0.3, 0.4) is 0 Å². The number of ether oxygens (including phenoxy) is 1. The lowest BCUT2D eigenvalue weighted by Gasteiger charge is -2.06. The summed E-state index contributed by atoms with van der Waals surface area (Å²) >= 11 is 0. The zero-order valence-corrected chi connectivity index (χ0v) is 16.9. The first kappa shape index (κ1) is 18.3. The number of nitrogens with zero attached hydrogens (tertiary/aromatic N) is 3. The number of ketones is 1. The van der Waals surface area contributed by atoms with E-state index >= 15 is 0 Å². The van der Waals surface area contributed by atoms with Crippen LogP contribution in [-0.2, 0) is 0 Å². The van der Waals surface area contributed by atoms with Crippen molar-refractivity contribution in [3.8, 4) is 11.6 Å². The number of benzene rings is 2. The number of aromatic nitrogens is 5. The molecule has 0 spiro atoms. The van der Waals surface area contributed by atoms with Gasteiger partial charge in [-0.25, -0.2) is 18.9 Å². The lowest BCUT2D eigenvalue weighted by atomic mass is 10.1. The molecule has 0 saturated carbocycles. The summed E-state index contributed by atoms with van der Waals surface area (Å²) in [6.45, 7) is 1.96. The molecular weight excluding hydrogens is 409 g/mol. The predicted molar refractivity (Wildman–Crippen MR) is 118 cm³/mol. The number of carbonyl (C=O) groups excluding carboxylic acids is 1. The first-order valence-electron chi connectivity index (χ1n) is 9.99. The quantitative estimate of drug-likeness (QED) is 0.382. The van der Waals surface area contributed by atoms with Crippen LogP contribution < -0.4 is 4.74 Å². The van der Waals surface area contributed by atoms with Crippen molar-refractivity contribution >= 4 is 33.4 Å². The topological polar surface area (TPSA) is 88.1 Å². The minimum Gasteiger partial charge on any atom is -0.439 e. The summed E-state index contributed by atoms with van der Waals surface area (Å²) in [7, 11) is 0. The summed E-state index contributed by atoms with van der Waals surface area (Å²) in [6, 6.07) is 15.5. The van der Waals surface area contributed by atoms with Crippen LogP contribution in [-0.4, -0.2) is 30.3 Å². The molecule has 8 heteroatoms. The number of nitrogens with one attached hydrogen (secondary N) is 2. The van der Waals surface area contributed by atoms with Gasteiger partial charge in [0.2, 0.25) is 11.7 Å². The largest absolute Gasteiger partial charge is 0.439 e. The number of hydrogen-bond donors (Lipinski definition) is 2. The van der Waals surface area contributed by atoms with Gasteiger partial charge in [0, 0.05) is 23.2 Å². The molecule has 0 amide bonds. The van der Waals surface area contributed by atoms with Crippen molar-refractivity contribution < 1.29 is 13.9 Å². The Bertz CT molecular complexity index is 1660. The van der Waals surface area contributed by atoms with E-state index < -0.39 is 0 Å². The highest BCUT2D eigenvalue weighted by Gasteiger charge is 2.20. The number of halogens is 1. The number of carbonyl (C=O) groups is 1. The van der Waals surface area contributed by atoms with E-state index in [1.54, 1.807) is 35.1 Å². The van der Waals surface area contributed by atoms with Gasteiger partial charge in [-0.3, -0.25) is 9.89 Å². The van der Waals surface area contributed by atoms with Gasteiger partial charge in [0.1, 0.15) is 17.1 Å². The number of aryl methyl sites for hydroxylation is 1. The molecule has 7 nitrogen and oxygen atoms in total. The zero-order valence-electron chi connectivity index (χ0n) is 16.9. The van der Waals surface area contributed by atoms with Crippen molar-refractivity contribution in [1.82, 2.24) is 24.6 Å². The molecule has 32 heavy (non-hydrogen) atoms. The Hall–Kier alpha value is -4.46. The second kappa shape index (κ2) is 6.78. The zero-order chi connectivity index (χ0) is 21.8. The van der Waals surface area contributed by atoms with E-state index in [4.69, 9.17) is 4.74 Å². The molecule has 4 aromatic heterocycles. The maximum atomic E-state index is 13.5. The number of imidazole rings is 1. The van der Waals surface area contributed by atoms with E-state index in [9.17, 15) is 9.18 Å². The summed E-state index contributed by atoms with van der Waals surface area (Å²) in [5.74, 6) is 0.527. The number of rotatable bonds is 4. The summed E-state index contributed by atoms with van der Waals surface area (Å²) in [5.41, 5.74) is 4.16. The molecule has 156 valence electrons. The van der Waals surface area contributed by atoms with E-state index in [1.165, 1.54) is 12.1 Å². The number of pyridine rings is 1. The molecule has 0 bridgehead atoms. The van der Waals surface area contributed by atoms with Crippen LogP contribution in [0, 0.1) is 12.7 Å². The first-order valence-corrected chi connectivity index (χ1v) is 9.99. The van der Waals surface area contributed by atoms with Crippen molar-refractivity contribution in [3.63, 3.8) is 0 Å². The number of para-hydroxylation sites is 1. The third-order valence-electron chi connectivity index (χ3n) is 5.48. The minimum absolute atomic E-state index is 0.243. The van der Waals surface area contributed by atoms with E-state index in [-0.39, 0.29) is 11.6 Å². The second-order valence-electron chi connectivity index (χ2n) is 7.58. The maximum Gasteiger partial charge on any atom is 0.221 e. The first-order chi connectivity index (χ1) is 15.6. The Morgan fingerprint density at radius 1 is 1.12 bits per heavy atom. The predicted octanol–water partition coefficient (Wildman–Crippen LogP) is 5.16. The molecule has 2 aromatic carbocycles. The Morgan fingerprint density at radius 3 is 2.88 bits per heavy atom. The van der Waals surface area contributed by atoms with Crippen LogP contribution >= 0.6 is 0 Å². The average Bonchev–Trinajstić information content (AvgIpc) is 3.47. The molecule has 0 aliphatic rings. The minimum atomic E-state index is -0.363. The normalized spacial score (nSPS) is 11.6. The molecule has 2 N–H and O–H groups in total. The molecule has 6 aromatic rings. The Labute approximate surface area is 180 Å². The van der Waals surface area contributed by atoms with Crippen LogP contribution in [0.2, 0.25) is 0 Å². The van der Waals surface area contributed by atoms with Gasteiger partial charge in [-0.15, -0.1) is 0 Å². The monoisotopic (exact) mass is 425 g/mol. The van der Waals surface area contributed by atoms with E-state index in [1.807, 2.05) is 31.2 Å². The van der Waals surface area contributed by atoms with Gasteiger partial charge in [0.15, 0.2) is 5.65 Å². The molecule has 0 saturated heterocycles. The maximum absolute atomic E-state index is 13.5. The average molecular weight is 425 g/mol. The van der Waals surface area contributed by atoms with Gasteiger partial charge in [0.05, 0.1) is 23.0 Å². The number of H-pyrrole nitrogens is 2. The van der Waals surface area contributed by atoms with Crippen LogP contribution in [0.5, 0.6) is 11.6 Å². The van der Waals surface area contributed by atoms with Crippen LogP contribution in [0.1, 0.15) is 21.6 Å². The van der Waals surface area contributed by atoms with Gasteiger partial charge in [-0.1, -0.05) is 18.2 Å². The lowest BCUT2D eigenvalue weighted by Crippen LogP contribution is -2.01. The summed E-state index contributed by atoms with van der Waals surface area (Å²) in [5, 5.41) is 3.82. The van der Waals surface area contributed by atoms with Crippen LogP contribution in [0.4, 0.5) is 4.39 Å². The van der Waals surface area contributed by atoms with Gasteiger partial charge in [-0.05, 0) is 42.8 Å². The third kappa shape index (κ3) is 2.84. The standard InChI is InChI=1S/C24H16FN5O2/c1-13-4-2-3-5-21(13)32-22-10-18-20(12-26-22)30-24(29-18)16(11-27-30)23(31)19-8-14-6-7-15(25)9-17(14)28-19/h2-12,27-28H,1H3. The van der Waals surface area contributed by atoms with Crippen LogP contribution in [0.25, 0.3) is 27.6 Å². The number of aromatic amines is 2. The Morgan fingerprint density at radius 2 is 2.00 bits per heavy atom. The van der Waals surface area contributed by atoms with E-state index in [0.717, 1.165) is 22.2 Å². The fourth-order valence-corrected chi connectivity index (χ4v) is 3.84. The summed E-state index contributed by atoms with van der Waals surface area (Å²) in [4.78, 5) is 25.2. The molecule has 6 rings (SSSR count). The summed E-state index contributed by atoms with van der Waals surface area (Å²) in [6.07, 6.45) is 3.26. The van der Waals surface area contributed by atoms with Gasteiger partial charge < -0.3 is 9.72 Å². The highest BCUT2D eigenvalue weighted by molar-refractivity contribution is 6.13. The van der Waals surface area contributed by atoms with Gasteiger partial charge in [-0.2, -0.15) is 0 Å². The molecule has 0 aliphatic carbocycles. The number of fused-ring (bicyclic) bond motifs is 4. The second-order valence-corrected chi connectivity index (χ2v) is 7.58. The van der Waals surface area contributed by atoms with E-state index in [2.05, 4.69) is 20.1 Å². The summed E-state index contributed by atoms with van der Waals surface area (Å²) < 4.78 is 21.1. The fourth-order valence-electron chi connectivity index (χ4n) is 3.84. The molecule has 4 heterocycles. The highest BCUT2D eigenvalue weighted by Crippen LogP contribution is 2.27. The SMILES string of the molecule is Cc1ccccc1Oc1cc2nc3c(C(=O)c4cc5ccc(F)cc5[nH]4)c[nH]n3c2cn1. The number of hydrogen-bond acceptors (Lipinski definition) is 4. The van der Waals surface area contributed by atoms with E-state index in [0.29, 0.717) is 33.8 Å². The molecule has 0 atom stereocenters. The molecule has 0 radical (unpaired) electrons. The van der Waals surface area contributed by atoms with Gasteiger partial charge in [0.25, 0.3) is 0 Å². The van der Waals surface area contributed by atoms with Crippen LogP contribution in [0.15, 0.2) is 67.0 Å². The van der Waals surface area contributed by atoms with Crippen molar-refractivity contribution in [1.29, 1.82) is 0 Å². The van der Waals surface area contributed by atoms with Crippen molar-refractivity contribution in [2.45, 2.75) is 6.92 Å². The van der Waals surface area contributed by atoms with Crippen molar-refractivity contribution in [3.05, 3.63) is 89.6 Å². The fraction of sp³-hybridized carbons (Fsp3) is 0.0417. The molecule has 0 fully saturated rings. The Kier molecular flexibility index (Phi) is 3.88. The van der Waals surface area contributed by atoms with Crippen molar-refractivity contribution in [2.24, 2.45) is 0 Å². The molecular formula is C24H16FN5O2. The molecule has 0 aliphatic heterocycles. The third-order valence-corrected chi connectivity index (χ3v) is 5.48. The highest BCUT2D eigenvalue weighted by atomic mass is 19.1. The van der Waals surface area contributed by atoms with Crippen molar-refractivity contribution in [2.75, 3.05) is 0 Å². The smallest absolute Gasteiger partial charge is 0.221 e. The van der Waals surface area contributed by atoms with Gasteiger partial charge >= 0.3 is 0 Å². The lowest BCUT2D eigenvalue weighted by molar-refractivity contribution is 0.103. The Balaban J connectivity index is 1.40.